The van der Waals surface area contributed by atoms with Crippen molar-refractivity contribution in [3.63, 3.8) is 0 Å². The summed E-state index contributed by atoms with van der Waals surface area (Å²) in [6.07, 6.45) is 3.54. The predicted molar refractivity (Wildman–Crippen MR) is 97.0 cm³/mol. The summed E-state index contributed by atoms with van der Waals surface area (Å²) in [5.74, 6) is -4.26. The minimum Gasteiger partial charge on any atom is -0.465 e. The number of nitrogens with zero attached hydrogens (tertiary/aromatic N) is 1. The normalized spacial score (nSPS) is 18.0. The molecule has 0 bridgehead atoms. The number of urea groups is 1. The Morgan fingerprint density at radius 1 is 1.17 bits per heavy atom. The Morgan fingerprint density at radius 3 is 2.52 bits per heavy atom. The van der Waals surface area contributed by atoms with Gasteiger partial charge in [0, 0.05) is 19.0 Å². The number of methoxy groups -OCH3 is 1. The van der Waals surface area contributed by atoms with Crippen LogP contribution in [0.1, 0.15) is 48.9 Å². The first kappa shape index (κ1) is 20.7. The summed E-state index contributed by atoms with van der Waals surface area (Å²) in [4.78, 5) is 49.5. The topological polar surface area (TPSA) is 105 Å². The molecule has 1 saturated carbocycles. The van der Waals surface area contributed by atoms with E-state index in [9.17, 15) is 28.0 Å². The Morgan fingerprint density at radius 2 is 1.86 bits per heavy atom. The van der Waals surface area contributed by atoms with Crippen molar-refractivity contribution in [2.24, 2.45) is 0 Å². The zero-order chi connectivity index (χ0) is 21.2. The molecular formula is C19H21F2N3O5. The number of halogens is 2. The summed E-state index contributed by atoms with van der Waals surface area (Å²) in [6.45, 7) is -0.176. The van der Waals surface area contributed by atoms with Crippen molar-refractivity contribution in [2.75, 3.05) is 19.0 Å². The van der Waals surface area contributed by atoms with E-state index in [4.69, 9.17) is 0 Å². The molecule has 1 heterocycles. The fourth-order valence-electron chi connectivity index (χ4n) is 3.71. The van der Waals surface area contributed by atoms with E-state index < -0.39 is 46.3 Å². The number of hydrogen-bond donors (Lipinski definition) is 2. The highest BCUT2D eigenvalue weighted by molar-refractivity contribution is 6.07. The van der Waals surface area contributed by atoms with Crippen LogP contribution in [0.5, 0.6) is 0 Å². The second-order valence-electron chi connectivity index (χ2n) is 7.13. The highest BCUT2D eigenvalue weighted by atomic mass is 19.1. The average Bonchev–Trinajstić information content (AvgIpc) is 2.91. The van der Waals surface area contributed by atoms with E-state index in [1.54, 1.807) is 0 Å². The fraction of sp³-hybridized carbons (Fsp3) is 0.474. The average molecular weight is 409 g/mol. The molecule has 1 saturated heterocycles. The predicted octanol–water partition coefficient (Wildman–Crippen LogP) is 2.33. The van der Waals surface area contributed by atoms with Crippen molar-refractivity contribution in [3.8, 4) is 0 Å². The van der Waals surface area contributed by atoms with Crippen molar-refractivity contribution in [3.05, 3.63) is 29.3 Å². The summed E-state index contributed by atoms with van der Waals surface area (Å²) in [7, 11) is 1.04. The number of anilines is 1. The third-order valence-corrected chi connectivity index (χ3v) is 5.25. The lowest BCUT2D eigenvalue weighted by Gasteiger charge is -2.30. The van der Waals surface area contributed by atoms with E-state index in [1.165, 1.54) is 0 Å². The molecule has 0 aromatic heterocycles. The Labute approximate surface area is 165 Å². The van der Waals surface area contributed by atoms with Crippen LogP contribution < -0.4 is 10.6 Å². The van der Waals surface area contributed by atoms with Crippen LogP contribution in [0.4, 0.5) is 19.3 Å². The van der Waals surface area contributed by atoms with E-state index in [0.717, 1.165) is 37.3 Å². The number of rotatable bonds is 5. The summed E-state index contributed by atoms with van der Waals surface area (Å²) < 4.78 is 32.0. The molecule has 8 nitrogen and oxygen atoms in total. The summed E-state index contributed by atoms with van der Waals surface area (Å²) in [5, 5.41) is 4.96. The lowest BCUT2D eigenvalue weighted by atomic mass is 9.82. The number of carbonyl (C=O) groups is 4. The van der Waals surface area contributed by atoms with E-state index >= 15 is 0 Å². The Kier molecular flexibility index (Phi) is 5.81. The molecule has 0 radical (unpaired) electrons. The molecule has 1 aliphatic heterocycles. The van der Waals surface area contributed by atoms with Gasteiger partial charge >= 0.3 is 12.0 Å². The number of carbonyl (C=O) groups excluding carboxylic acids is 4. The number of hydrogen-bond acceptors (Lipinski definition) is 5. The van der Waals surface area contributed by atoms with Gasteiger partial charge < -0.3 is 15.4 Å². The standard InChI is InChI=1S/C19H21F2N3O5/c1-29-16(26)11-9-14(13(21)10-12(11)20)22-15(25)5-8-24-17(27)19(23-18(24)28)6-3-2-4-7-19/h9-10H,2-8H2,1H3,(H,22,25)(H,23,28). The molecule has 1 aliphatic carbocycles. The second-order valence-corrected chi connectivity index (χ2v) is 7.13. The minimum absolute atomic E-state index is 0.176. The van der Waals surface area contributed by atoms with E-state index in [0.29, 0.717) is 18.9 Å². The smallest absolute Gasteiger partial charge is 0.340 e. The first-order valence-corrected chi connectivity index (χ1v) is 9.29. The number of imide groups is 1. The summed E-state index contributed by atoms with van der Waals surface area (Å²) in [6, 6.07) is 0.747. The van der Waals surface area contributed by atoms with Gasteiger partial charge in [-0.15, -0.1) is 0 Å². The van der Waals surface area contributed by atoms with Crippen LogP contribution in [0.25, 0.3) is 0 Å². The molecule has 1 spiro atoms. The number of benzene rings is 1. The molecule has 2 aliphatic rings. The van der Waals surface area contributed by atoms with E-state index in [-0.39, 0.29) is 18.9 Å². The Bertz CT molecular complexity index is 868. The van der Waals surface area contributed by atoms with Gasteiger partial charge in [-0.1, -0.05) is 19.3 Å². The number of nitrogens with one attached hydrogen (secondary N) is 2. The van der Waals surface area contributed by atoms with Gasteiger partial charge in [-0.05, 0) is 18.9 Å². The Hall–Kier alpha value is -3.04. The zero-order valence-electron chi connectivity index (χ0n) is 15.8. The monoisotopic (exact) mass is 409 g/mol. The number of ether oxygens (including phenoxy) is 1. The van der Waals surface area contributed by atoms with Gasteiger partial charge in [-0.25, -0.2) is 18.4 Å². The molecule has 156 valence electrons. The van der Waals surface area contributed by atoms with Gasteiger partial charge in [-0.3, -0.25) is 14.5 Å². The van der Waals surface area contributed by atoms with Crippen molar-refractivity contribution in [1.82, 2.24) is 10.2 Å². The van der Waals surface area contributed by atoms with Crippen LogP contribution in [-0.4, -0.2) is 47.9 Å². The van der Waals surface area contributed by atoms with Crippen molar-refractivity contribution < 1.29 is 32.7 Å². The summed E-state index contributed by atoms with van der Waals surface area (Å²) in [5.41, 5.74) is -1.82. The quantitative estimate of drug-likeness (QED) is 0.574. The minimum atomic E-state index is -1.12. The van der Waals surface area contributed by atoms with Gasteiger partial charge in [0.25, 0.3) is 5.91 Å². The maximum Gasteiger partial charge on any atom is 0.340 e. The molecule has 0 unspecified atom stereocenters. The third kappa shape index (κ3) is 4.06. The molecule has 1 aromatic rings. The highest BCUT2D eigenvalue weighted by Gasteiger charge is 2.51. The first-order chi connectivity index (χ1) is 13.8. The van der Waals surface area contributed by atoms with Crippen LogP contribution in [0.15, 0.2) is 12.1 Å². The van der Waals surface area contributed by atoms with Crippen LogP contribution in [0, 0.1) is 11.6 Å². The maximum atomic E-state index is 13.9. The van der Waals surface area contributed by atoms with Gasteiger partial charge in [0.05, 0.1) is 18.4 Å². The molecule has 3 rings (SSSR count). The van der Waals surface area contributed by atoms with Crippen LogP contribution in [0.2, 0.25) is 0 Å². The summed E-state index contributed by atoms with van der Waals surface area (Å²) >= 11 is 0. The third-order valence-electron chi connectivity index (χ3n) is 5.25. The molecule has 10 heteroatoms. The largest absolute Gasteiger partial charge is 0.465 e. The van der Waals surface area contributed by atoms with Crippen molar-refractivity contribution >= 4 is 29.5 Å². The zero-order valence-corrected chi connectivity index (χ0v) is 15.8. The van der Waals surface area contributed by atoms with Gasteiger partial charge in [0.2, 0.25) is 5.91 Å². The number of esters is 1. The van der Waals surface area contributed by atoms with Crippen LogP contribution in [0.3, 0.4) is 0 Å². The molecule has 2 N–H and O–H groups in total. The van der Waals surface area contributed by atoms with Crippen LogP contribution in [-0.2, 0) is 14.3 Å². The van der Waals surface area contributed by atoms with Crippen molar-refractivity contribution in [1.29, 1.82) is 0 Å². The maximum absolute atomic E-state index is 13.9. The Balaban J connectivity index is 1.64. The lowest BCUT2D eigenvalue weighted by molar-refractivity contribution is -0.132. The molecule has 29 heavy (non-hydrogen) atoms. The van der Waals surface area contributed by atoms with E-state index in [1.807, 2.05) is 0 Å². The lowest BCUT2D eigenvalue weighted by Crippen LogP contribution is -2.48. The van der Waals surface area contributed by atoms with Gasteiger partial charge in [0.15, 0.2) is 0 Å². The fourth-order valence-corrected chi connectivity index (χ4v) is 3.71. The number of amides is 4. The highest BCUT2D eigenvalue weighted by Crippen LogP contribution is 2.33. The van der Waals surface area contributed by atoms with Crippen molar-refractivity contribution in [2.45, 2.75) is 44.1 Å². The van der Waals surface area contributed by atoms with Gasteiger partial charge in [0.1, 0.15) is 17.2 Å². The molecular weight excluding hydrogens is 388 g/mol. The first-order valence-electron chi connectivity index (χ1n) is 9.29. The second kappa shape index (κ2) is 8.14. The molecule has 4 amide bonds. The van der Waals surface area contributed by atoms with Crippen LogP contribution >= 0.6 is 0 Å². The van der Waals surface area contributed by atoms with Gasteiger partial charge in [-0.2, -0.15) is 0 Å². The molecule has 1 aromatic carbocycles. The van der Waals surface area contributed by atoms with E-state index in [2.05, 4.69) is 15.4 Å². The SMILES string of the molecule is COC(=O)c1cc(NC(=O)CCN2C(=O)NC3(CCCCC3)C2=O)c(F)cc1F. The molecule has 2 fully saturated rings. The molecule has 0 atom stereocenters.